The Labute approximate surface area is 157 Å². The maximum atomic E-state index is 13.2. The Morgan fingerprint density at radius 1 is 1.28 bits per heavy atom. The summed E-state index contributed by atoms with van der Waals surface area (Å²) in [6.45, 7) is 2.79. The lowest BCUT2D eigenvalue weighted by Crippen LogP contribution is -2.23. The predicted molar refractivity (Wildman–Crippen MR) is 102 cm³/mol. The lowest BCUT2D eigenvalue weighted by molar-refractivity contribution is 0.585. The van der Waals surface area contributed by atoms with Crippen molar-refractivity contribution in [3.8, 4) is 0 Å². The van der Waals surface area contributed by atoms with Crippen LogP contribution in [0.1, 0.15) is 54.8 Å². The summed E-state index contributed by atoms with van der Waals surface area (Å²) in [7, 11) is 0. The number of hydrogen-bond donors (Lipinski definition) is 0. The molecule has 2 aliphatic carbocycles. The van der Waals surface area contributed by atoms with Gasteiger partial charge in [-0.2, -0.15) is 4.37 Å². The third kappa shape index (κ3) is 2.74. The second-order valence-electron chi connectivity index (χ2n) is 6.68. The Bertz CT molecular complexity index is 1010. The number of aryl methyl sites for hydroxylation is 2. The highest BCUT2D eigenvalue weighted by molar-refractivity contribution is 8.00. The van der Waals surface area contributed by atoms with Gasteiger partial charge in [-0.1, -0.05) is 6.92 Å². The third-order valence-corrected chi connectivity index (χ3v) is 7.73. The molecule has 130 valence electrons. The standard InChI is InChI=1S/C17H18N4OS3/c1-2-8-21-15(22)12-10-4-3-5-11(10)23-14(12)19-16(21)24-17-18-13(20-25-17)9-6-7-9/h9H,2-8H2,1H3. The van der Waals surface area contributed by atoms with Crippen LogP contribution in [0.15, 0.2) is 14.3 Å². The summed E-state index contributed by atoms with van der Waals surface area (Å²) >= 11 is 4.62. The van der Waals surface area contributed by atoms with Crippen LogP contribution in [-0.4, -0.2) is 18.9 Å². The molecule has 2 aliphatic rings. The molecule has 0 bridgehead atoms. The van der Waals surface area contributed by atoms with E-state index < -0.39 is 0 Å². The fourth-order valence-electron chi connectivity index (χ4n) is 3.40. The predicted octanol–water partition coefficient (Wildman–Crippen LogP) is 4.24. The maximum absolute atomic E-state index is 13.2. The van der Waals surface area contributed by atoms with Crippen molar-refractivity contribution in [3.63, 3.8) is 0 Å². The number of hydrogen-bond acceptors (Lipinski definition) is 7. The van der Waals surface area contributed by atoms with Crippen molar-refractivity contribution in [3.05, 3.63) is 26.6 Å². The molecule has 0 amide bonds. The van der Waals surface area contributed by atoms with Gasteiger partial charge in [0, 0.05) is 17.3 Å². The van der Waals surface area contributed by atoms with E-state index in [1.165, 1.54) is 46.6 Å². The molecule has 25 heavy (non-hydrogen) atoms. The number of fused-ring (bicyclic) bond motifs is 3. The van der Waals surface area contributed by atoms with Crippen LogP contribution in [0.5, 0.6) is 0 Å². The Morgan fingerprint density at radius 2 is 2.16 bits per heavy atom. The van der Waals surface area contributed by atoms with Gasteiger partial charge in [0.05, 0.1) is 5.39 Å². The zero-order valence-electron chi connectivity index (χ0n) is 13.9. The molecule has 3 heterocycles. The van der Waals surface area contributed by atoms with Gasteiger partial charge < -0.3 is 0 Å². The normalized spacial score (nSPS) is 16.7. The van der Waals surface area contributed by atoms with Gasteiger partial charge in [0.2, 0.25) is 0 Å². The minimum atomic E-state index is 0.126. The van der Waals surface area contributed by atoms with Crippen LogP contribution in [0.25, 0.3) is 10.2 Å². The van der Waals surface area contributed by atoms with E-state index in [0.717, 1.165) is 51.2 Å². The van der Waals surface area contributed by atoms with Gasteiger partial charge in [0.15, 0.2) is 9.50 Å². The van der Waals surface area contributed by atoms with E-state index in [0.29, 0.717) is 12.5 Å². The van der Waals surface area contributed by atoms with Crippen LogP contribution in [-0.2, 0) is 19.4 Å². The van der Waals surface area contributed by atoms with E-state index in [9.17, 15) is 4.79 Å². The quantitative estimate of drug-likeness (QED) is 0.610. The van der Waals surface area contributed by atoms with Crippen molar-refractivity contribution >= 4 is 44.8 Å². The molecule has 0 saturated heterocycles. The van der Waals surface area contributed by atoms with Crippen molar-refractivity contribution in [2.24, 2.45) is 0 Å². The lowest BCUT2D eigenvalue weighted by atomic mass is 10.2. The molecule has 0 radical (unpaired) electrons. The Balaban J connectivity index is 1.60. The molecular formula is C17H18N4OS3. The molecule has 0 aliphatic heterocycles. The van der Waals surface area contributed by atoms with Gasteiger partial charge in [-0.3, -0.25) is 9.36 Å². The average Bonchev–Trinajstić information content (AvgIpc) is 3.01. The van der Waals surface area contributed by atoms with Gasteiger partial charge in [0.25, 0.3) is 5.56 Å². The monoisotopic (exact) mass is 390 g/mol. The van der Waals surface area contributed by atoms with Crippen LogP contribution in [0, 0.1) is 0 Å². The minimum Gasteiger partial charge on any atom is -0.287 e. The molecule has 0 N–H and O–H groups in total. The van der Waals surface area contributed by atoms with Crippen molar-refractivity contribution < 1.29 is 0 Å². The number of aromatic nitrogens is 4. The Hall–Kier alpha value is -1.25. The van der Waals surface area contributed by atoms with Crippen molar-refractivity contribution in [2.45, 2.75) is 67.4 Å². The topological polar surface area (TPSA) is 60.7 Å². The van der Waals surface area contributed by atoms with Gasteiger partial charge in [-0.05, 0) is 67.4 Å². The zero-order chi connectivity index (χ0) is 17.0. The van der Waals surface area contributed by atoms with Crippen LogP contribution in [0.4, 0.5) is 0 Å². The molecule has 1 saturated carbocycles. The fraction of sp³-hybridized carbons (Fsp3) is 0.529. The van der Waals surface area contributed by atoms with Gasteiger partial charge >= 0.3 is 0 Å². The molecule has 5 rings (SSSR count). The van der Waals surface area contributed by atoms with E-state index in [1.54, 1.807) is 11.3 Å². The maximum Gasteiger partial charge on any atom is 0.263 e. The van der Waals surface area contributed by atoms with Crippen molar-refractivity contribution in [1.29, 1.82) is 0 Å². The van der Waals surface area contributed by atoms with Crippen LogP contribution >= 0.6 is 34.6 Å². The first kappa shape index (κ1) is 16.0. The first-order valence-corrected chi connectivity index (χ1v) is 11.2. The van der Waals surface area contributed by atoms with E-state index >= 15 is 0 Å². The third-order valence-electron chi connectivity index (χ3n) is 4.78. The molecule has 0 aromatic carbocycles. The van der Waals surface area contributed by atoms with Crippen LogP contribution in [0.2, 0.25) is 0 Å². The first-order valence-electron chi connectivity index (χ1n) is 8.81. The minimum absolute atomic E-state index is 0.126. The molecule has 1 fully saturated rings. The highest BCUT2D eigenvalue weighted by Gasteiger charge is 2.28. The summed E-state index contributed by atoms with van der Waals surface area (Å²) < 4.78 is 7.21. The summed E-state index contributed by atoms with van der Waals surface area (Å²) in [5.74, 6) is 1.52. The van der Waals surface area contributed by atoms with Crippen molar-refractivity contribution in [1.82, 2.24) is 18.9 Å². The summed E-state index contributed by atoms with van der Waals surface area (Å²) in [4.78, 5) is 24.9. The molecule has 0 atom stereocenters. The molecule has 5 nitrogen and oxygen atoms in total. The van der Waals surface area contributed by atoms with E-state index in [2.05, 4.69) is 16.3 Å². The molecule has 0 spiro atoms. The summed E-state index contributed by atoms with van der Waals surface area (Å²) in [5, 5.41) is 1.63. The number of nitrogens with zero attached hydrogens (tertiary/aromatic N) is 4. The molecule has 3 aromatic rings. The number of thiophene rings is 1. The van der Waals surface area contributed by atoms with E-state index in [4.69, 9.17) is 4.98 Å². The summed E-state index contributed by atoms with van der Waals surface area (Å²) in [5.41, 5.74) is 1.38. The summed E-state index contributed by atoms with van der Waals surface area (Å²) in [6, 6.07) is 0. The number of rotatable bonds is 5. The molecule has 0 unspecified atom stereocenters. The van der Waals surface area contributed by atoms with Crippen LogP contribution < -0.4 is 5.56 Å². The molecular weight excluding hydrogens is 372 g/mol. The first-order chi connectivity index (χ1) is 12.2. The lowest BCUT2D eigenvalue weighted by Gasteiger charge is -2.10. The highest BCUT2D eigenvalue weighted by atomic mass is 32.2. The van der Waals surface area contributed by atoms with Gasteiger partial charge in [0.1, 0.15) is 10.7 Å². The summed E-state index contributed by atoms with van der Waals surface area (Å²) in [6.07, 6.45) is 6.59. The smallest absolute Gasteiger partial charge is 0.263 e. The van der Waals surface area contributed by atoms with Crippen LogP contribution in [0.3, 0.4) is 0 Å². The largest absolute Gasteiger partial charge is 0.287 e. The SMILES string of the molecule is CCCn1c(Sc2nc(C3CC3)ns2)nc2sc3c(c2c1=O)CCC3. The average molecular weight is 391 g/mol. The molecule has 3 aromatic heterocycles. The van der Waals surface area contributed by atoms with Gasteiger partial charge in [-0.25, -0.2) is 9.97 Å². The second kappa shape index (κ2) is 6.17. The van der Waals surface area contributed by atoms with E-state index in [-0.39, 0.29) is 5.56 Å². The van der Waals surface area contributed by atoms with Gasteiger partial charge in [-0.15, -0.1) is 11.3 Å². The Morgan fingerprint density at radius 3 is 2.96 bits per heavy atom. The highest BCUT2D eigenvalue weighted by Crippen LogP contribution is 2.41. The second-order valence-corrected chi connectivity index (χ2v) is 9.73. The molecule has 8 heteroatoms. The Kier molecular flexibility index (Phi) is 3.94. The fourth-order valence-corrected chi connectivity index (χ4v) is 6.41. The van der Waals surface area contributed by atoms with E-state index in [1.807, 2.05) is 4.57 Å². The zero-order valence-corrected chi connectivity index (χ0v) is 16.4. The van der Waals surface area contributed by atoms with Crippen molar-refractivity contribution in [2.75, 3.05) is 0 Å².